The lowest BCUT2D eigenvalue weighted by Gasteiger charge is -2.50. The maximum Gasteiger partial charge on any atom is 0.416 e. The molecule has 0 aliphatic heterocycles. The van der Waals surface area contributed by atoms with Crippen LogP contribution < -0.4 is 0 Å². The quantitative estimate of drug-likeness (QED) is 0.221. The molecule has 0 saturated heterocycles. The van der Waals surface area contributed by atoms with E-state index in [1.807, 2.05) is 42.5 Å². The van der Waals surface area contributed by atoms with Gasteiger partial charge < -0.3 is 0 Å². The summed E-state index contributed by atoms with van der Waals surface area (Å²) in [4.78, 5) is -0.0906. The minimum Gasteiger partial charge on any atom is -0.223 e. The number of alkyl halides is 3. The van der Waals surface area contributed by atoms with Gasteiger partial charge in [0.05, 0.1) is 25.4 Å². The van der Waals surface area contributed by atoms with Gasteiger partial charge in [0, 0.05) is 5.92 Å². The molecule has 4 atom stereocenters. The van der Waals surface area contributed by atoms with E-state index in [2.05, 4.69) is 6.08 Å². The Morgan fingerprint density at radius 1 is 0.818 bits per heavy atom. The van der Waals surface area contributed by atoms with Crippen molar-refractivity contribution < 1.29 is 30.0 Å². The summed E-state index contributed by atoms with van der Waals surface area (Å²) in [6.07, 6.45) is 1.51. The van der Waals surface area contributed by atoms with Crippen molar-refractivity contribution in [1.29, 1.82) is 0 Å². The zero-order chi connectivity index (χ0) is 31.1. The Morgan fingerprint density at radius 2 is 1.55 bits per heavy atom. The Hall–Kier alpha value is -3.43. The van der Waals surface area contributed by atoms with Crippen LogP contribution in [0.5, 0.6) is 0 Å². The van der Waals surface area contributed by atoms with Crippen molar-refractivity contribution >= 4 is 36.5 Å². The van der Waals surface area contributed by atoms with Gasteiger partial charge in [-0.15, -0.1) is 0 Å². The molecule has 0 bridgehead atoms. The van der Waals surface area contributed by atoms with Crippen molar-refractivity contribution in [3.63, 3.8) is 0 Å². The topological polar surface area (TPSA) is 68.3 Å². The Morgan fingerprint density at radius 3 is 2.25 bits per heavy atom. The molecule has 0 heterocycles. The number of allylic oxidation sites excluding steroid dienone is 1. The average Bonchev–Trinajstić information content (AvgIpc) is 3.87. The summed E-state index contributed by atoms with van der Waals surface area (Å²) in [5.74, 6) is -0.966. The lowest BCUT2D eigenvalue weighted by molar-refractivity contribution is -0.137. The van der Waals surface area contributed by atoms with Crippen LogP contribution in [0.25, 0.3) is 16.8 Å². The highest BCUT2D eigenvalue weighted by molar-refractivity contribution is 7.93. The summed E-state index contributed by atoms with van der Waals surface area (Å²) < 4.78 is 94.7. The van der Waals surface area contributed by atoms with Crippen LogP contribution in [0.3, 0.4) is 0 Å². The highest BCUT2D eigenvalue weighted by atomic mass is 32.2. The molecule has 0 radical (unpaired) electrons. The molecule has 2 fully saturated rings. The van der Waals surface area contributed by atoms with Gasteiger partial charge in [-0.1, -0.05) is 66.7 Å². The molecular weight excluding hydrogens is 606 g/mol. The van der Waals surface area contributed by atoms with Gasteiger partial charge >= 0.3 is 6.18 Å². The predicted molar refractivity (Wildman–Crippen MR) is 165 cm³/mol. The number of benzene rings is 4. The molecule has 9 heteroatoms. The third-order valence-electron chi connectivity index (χ3n) is 9.87. The summed E-state index contributed by atoms with van der Waals surface area (Å²) in [5, 5.41) is 1.67. The predicted octanol–water partition coefficient (Wildman–Crippen LogP) is 8.33. The molecule has 7 rings (SSSR count). The van der Waals surface area contributed by atoms with Crippen molar-refractivity contribution in [3.8, 4) is 0 Å². The van der Waals surface area contributed by atoms with Gasteiger partial charge in [-0.3, -0.25) is 0 Å². The number of halogens is 3. The third kappa shape index (κ3) is 4.62. The Bertz CT molecular complexity index is 2030. The first-order valence-electron chi connectivity index (χ1n) is 14.8. The second-order valence-corrected chi connectivity index (χ2v) is 17.2. The van der Waals surface area contributed by atoms with E-state index in [9.17, 15) is 30.0 Å². The summed E-state index contributed by atoms with van der Waals surface area (Å²) in [6.45, 7) is 1.68. The fraction of sp³-hybridized carbons (Fsp3) is 0.314. The van der Waals surface area contributed by atoms with Crippen molar-refractivity contribution in [1.82, 2.24) is 0 Å². The average molecular weight is 637 g/mol. The Kier molecular flexibility index (Phi) is 6.68. The molecule has 2 saturated carbocycles. The van der Waals surface area contributed by atoms with E-state index in [0.717, 1.165) is 45.7 Å². The van der Waals surface area contributed by atoms with E-state index in [4.69, 9.17) is 0 Å². The summed E-state index contributed by atoms with van der Waals surface area (Å²) in [5.41, 5.74) is 1.62. The monoisotopic (exact) mass is 636 g/mol. The first-order chi connectivity index (χ1) is 20.8. The maximum atomic E-state index is 14.7. The second-order valence-electron chi connectivity index (χ2n) is 12.6. The first kappa shape index (κ1) is 29.3. The zero-order valence-corrected chi connectivity index (χ0v) is 25.6. The molecule has 4 aromatic rings. The zero-order valence-electron chi connectivity index (χ0n) is 24.0. The van der Waals surface area contributed by atoms with E-state index in [1.165, 1.54) is 6.07 Å². The van der Waals surface area contributed by atoms with Gasteiger partial charge in [-0.05, 0) is 102 Å². The standard InChI is InChI=1S/C35H31F3O4S2/c1-34(44(41,42)29-7-4-6-26(20-29)35(36,37)38)21-25(22-9-13-27(14-10-22)43(39,40)28-15-16-28)19-24-12-17-31-30-8-3-2-5-23(30)11-18-32(31)33(24)34/h2-14,17-18,20,24-25,28,33H,15-16,19,21H2,1H3. The van der Waals surface area contributed by atoms with Crippen LogP contribution in [0.4, 0.5) is 13.2 Å². The summed E-state index contributed by atoms with van der Waals surface area (Å²) in [6, 6.07) is 22.6. The normalized spacial score (nSPS) is 25.4. The molecule has 0 aromatic heterocycles. The number of sulfone groups is 2. The van der Waals surface area contributed by atoms with E-state index in [0.29, 0.717) is 19.3 Å². The lowest BCUT2D eigenvalue weighted by atomic mass is 9.61. The molecule has 0 spiro atoms. The molecule has 0 amide bonds. The molecular formula is C35H31F3O4S2. The highest BCUT2D eigenvalue weighted by Crippen LogP contribution is 2.58. The van der Waals surface area contributed by atoms with Gasteiger partial charge in [-0.2, -0.15) is 13.2 Å². The van der Waals surface area contributed by atoms with Crippen LogP contribution >= 0.6 is 0 Å². The Balaban J connectivity index is 1.37. The lowest BCUT2D eigenvalue weighted by Crippen LogP contribution is -2.49. The van der Waals surface area contributed by atoms with Crippen LogP contribution in [-0.4, -0.2) is 26.8 Å². The minimum absolute atomic E-state index is 0.168. The van der Waals surface area contributed by atoms with E-state index >= 15 is 0 Å². The minimum atomic E-state index is -4.69. The fourth-order valence-corrected chi connectivity index (χ4v) is 11.3. The van der Waals surface area contributed by atoms with Crippen LogP contribution in [-0.2, 0) is 25.9 Å². The number of fused-ring (bicyclic) bond motifs is 5. The van der Waals surface area contributed by atoms with Gasteiger partial charge in [-0.25, -0.2) is 16.8 Å². The Labute approximate surface area is 255 Å². The summed E-state index contributed by atoms with van der Waals surface area (Å²) >= 11 is 0. The maximum absolute atomic E-state index is 14.7. The largest absolute Gasteiger partial charge is 0.416 e. The molecule has 44 heavy (non-hydrogen) atoms. The molecule has 3 aliphatic carbocycles. The van der Waals surface area contributed by atoms with Crippen LogP contribution in [0, 0.1) is 5.92 Å². The fourth-order valence-electron chi connectivity index (χ4n) is 7.50. The van der Waals surface area contributed by atoms with E-state index in [-0.39, 0.29) is 33.3 Å². The highest BCUT2D eigenvalue weighted by Gasteiger charge is 2.55. The number of rotatable bonds is 5. The van der Waals surface area contributed by atoms with Crippen molar-refractivity contribution in [2.24, 2.45) is 5.92 Å². The molecule has 4 aromatic carbocycles. The molecule has 4 nitrogen and oxygen atoms in total. The number of hydrogen-bond donors (Lipinski definition) is 0. The van der Waals surface area contributed by atoms with Gasteiger partial charge in [0.25, 0.3) is 0 Å². The van der Waals surface area contributed by atoms with Crippen molar-refractivity contribution in [2.45, 2.75) is 70.4 Å². The van der Waals surface area contributed by atoms with E-state index in [1.54, 1.807) is 31.2 Å². The molecule has 0 N–H and O–H groups in total. The summed E-state index contributed by atoms with van der Waals surface area (Å²) in [7, 11) is -7.70. The van der Waals surface area contributed by atoms with Crippen molar-refractivity contribution in [2.75, 3.05) is 0 Å². The van der Waals surface area contributed by atoms with Crippen LogP contribution in [0.2, 0.25) is 0 Å². The second kappa shape index (κ2) is 10.0. The third-order valence-corrected chi connectivity index (χ3v) is 14.7. The molecule has 4 unspecified atom stereocenters. The smallest absolute Gasteiger partial charge is 0.223 e. The molecule has 3 aliphatic rings. The number of hydrogen-bond acceptors (Lipinski definition) is 4. The SMILES string of the molecule is CC1(S(=O)(=O)c2cccc(C(F)(F)F)c2)CC(c2ccc(S(=O)(=O)C3CC3)cc2)CC2C=Cc3c(ccc4ccccc34)C21. The van der Waals surface area contributed by atoms with Crippen LogP contribution in [0.15, 0.2) is 101 Å². The van der Waals surface area contributed by atoms with Crippen molar-refractivity contribution in [3.05, 3.63) is 113 Å². The molecule has 228 valence electrons. The van der Waals surface area contributed by atoms with Gasteiger partial charge in [0.15, 0.2) is 19.7 Å². The van der Waals surface area contributed by atoms with E-state index < -0.39 is 42.1 Å². The van der Waals surface area contributed by atoms with Gasteiger partial charge in [0.1, 0.15) is 0 Å². The first-order valence-corrected chi connectivity index (χ1v) is 17.8. The van der Waals surface area contributed by atoms with Gasteiger partial charge in [0.2, 0.25) is 0 Å². The van der Waals surface area contributed by atoms with Crippen LogP contribution in [0.1, 0.15) is 66.7 Å².